The Balaban J connectivity index is 1.54. The fourth-order valence-electron chi connectivity index (χ4n) is 2.98. The maximum absolute atomic E-state index is 12.6. The van der Waals surface area contributed by atoms with Crippen molar-refractivity contribution in [2.45, 2.75) is 30.4 Å². The number of carbonyl (C=O) groups is 3. The zero-order chi connectivity index (χ0) is 22.9. The summed E-state index contributed by atoms with van der Waals surface area (Å²) in [5.74, 6) is -0.377. The number of amides is 3. The Morgan fingerprint density at radius 3 is 2.09 bits per heavy atom. The number of nitrogens with one attached hydrogen (secondary N) is 3. The van der Waals surface area contributed by atoms with E-state index in [1.165, 1.54) is 18.7 Å². The summed E-state index contributed by atoms with van der Waals surface area (Å²) in [5.41, 5.74) is 2.96. The molecule has 1 unspecified atom stereocenters. The number of thioether (sulfide) groups is 1. The van der Waals surface area contributed by atoms with Gasteiger partial charge in [-0.25, -0.2) is 0 Å². The molecule has 6 nitrogen and oxygen atoms in total. The lowest BCUT2D eigenvalue weighted by molar-refractivity contribution is -0.116. The minimum atomic E-state index is -0.347. The van der Waals surface area contributed by atoms with Crippen LogP contribution in [0.15, 0.2) is 83.8 Å². The number of carbonyl (C=O) groups excluding carboxylic acids is 3. The van der Waals surface area contributed by atoms with Gasteiger partial charge in [0.1, 0.15) is 0 Å². The number of hydrogen-bond donors (Lipinski definition) is 3. The molecule has 0 aliphatic rings. The van der Waals surface area contributed by atoms with Crippen LogP contribution in [0.1, 0.15) is 19.4 Å². The van der Waals surface area contributed by atoms with E-state index < -0.39 is 0 Å². The molecule has 7 heteroatoms. The van der Waals surface area contributed by atoms with E-state index in [2.05, 4.69) is 16.0 Å². The van der Waals surface area contributed by atoms with Gasteiger partial charge in [-0.15, -0.1) is 11.8 Å². The van der Waals surface area contributed by atoms with Gasteiger partial charge in [-0.1, -0.05) is 36.4 Å². The SMILES string of the molecule is CC(=O)Nc1ccc(NC(=O)C(C)Sc2cccc(NC(=O)Cc3ccccc3)c2)cc1. The molecule has 3 N–H and O–H groups in total. The predicted octanol–water partition coefficient (Wildman–Crippen LogP) is 4.95. The van der Waals surface area contributed by atoms with Crippen molar-refractivity contribution >= 4 is 46.5 Å². The summed E-state index contributed by atoms with van der Waals surface area (Å²) >= 11 is 1.41. The smallest absolute Gasteiger partial charge is 0.237 e. The zero-order valence-corrected chi connectivity index (χ0v) is 18.7. The van der Waals surface area contributed by atoms with Gasteiger partial charge in [-0.05, 0) is 55.0 Å². The molecule has 0 fully saturated rings. The van der Waals surface area contributed by atoms with Gasteiger partial charge in [-0.3, -0.25) is 14.4 Å². The minimum Gasteiger partial charge on any atom is -0.326 e. The van der Waals surface area contributed by atoms with Gasteiger partial charge in [0.25, 0.3) is 0 Å². The third-order valence-corrected chi connectivity index (χ3v) is 5.57. The fraction of sp³-hybridized carbons (Fsp3) is 0.160. The second-order valence-corrected chi connectivity index (χ2v) is 8.66. The summed E-state index contributed by atoms with van der Waals surface area (Å²) in [5, 5.41) is 8.12. The molecule has 3 rings (SSSR count). The van der Waals surface area contributed by atoms with Crippen LogP contribution in [-0.4, -0.2) is 23.0 Å². The molecule has 0 aliphatic carbocycles. The normalized spacial score (nSPS) is 11.3. The number of hydrogen-bond acceptors (Lipinski definition) is 4. The van der Waals surface area contributed by atoms with Gasteiger partial charge < -0.3 is 16.0 Å². The van der Waals surface area contributed by atoms with Crippen molar-refractivity contribution in [3.8, 4) is 0 Å². The second kappa shape index (κ2) is 11.2. The predicted molar refractivity (Wildman–Crippen MR) is 130 cm³/mol. The van der Waals surface area contributed by atoms with Crippen LogP contribution in [0, 0.1) is 0 Å². The highest BCUT2D eigenvalue weighted by Gasteiger charge is 2.15. The van der Waals surface area contributed by atoms with E-state index in [1.54, 1.807) is 24.3 Å². The van der Waals surface area contributed by atoms with Gasteiger partial charge in [0.05, 0.1) is 11.7 Å². The van der Waals surface area contributed by atoms with Crippen molar-refractivity contribution in [2.24, 2.45) is 0 Å². The van der Waals surface area contributed by atoms with E-state index in [4.69, 9.17) is 0 Å². The van der Waals surface area contributed by atoms with Crippen molar-refractivity contribution < 1.29 is 14.4 Å². The standard InChI is InChI=1S/C25H25N3O3S/c1-17(25(31)28-21-13-11-20(12-14-21)26-18(2)29)32-23-10-6-9-22(16-23)27-24(30)15-19-7-4-3-5-8-19/h3-14,16-17H,15H2,1-2H3,(H,26,29)(H,27,30)(H,28,31). The van der Waals surface area contributed by atoms with Crippen LogP contribution >= 0.6 is 11.8 Å². The molecule has 3 aromatic carbocycles. The summed E-state index contributed by atoms with van der Waals surface area (Å²) < 4.78 is 0. The summed E-state index contributed by atoms with van der Waals surface area (Å²) in [6.07, 6.45) is 0.303. The topological polar surface area (TPSA) is 87.3 Å². The first-order valence-electron chi connectivity index (χ1n) is 10.2. The molecule has 32 heavy (non-hydrogen) atoms. The second-order valence-electron chi connectivity index (χ2n) is 7.25. The minimum absolute atomic E-state index is 0.0909. The lowest BCUT2D eigenvalue weighted by Gasteiger charge is -2.13. The lowest BCUT2D eigenvalue weighted by Crippen LogP contribution is -2.22. The third kappa shape index (κ3) is 7.28. The summed E-state index contributed by atoms with van der Waals surface area (Å²) in [7, 11) is 0. The molecule has 0 heterocycles. The van der Waals surface area contributed by atoms with Crippen LogP contribution in [0.5, 0.6) is 0 Å². The average molecular weight is 448 g/mol. The average Bonchev–Trinajstić information content (AvgIpc) is 2.75. The van der Waals surface area contributed by atoms with Crippen LogP contribution in [0.25, 0.3) is 0 Å². The van der Waals surface area contributed by atoms with Crippen molar-refractivity contribution in [3.63, 3.8) is 0 Å². The van der Waals surface area contributed by atoms with Gasteiger partial charge in [0.15, 0.2) is 0 Å². The molecule has 0 aromatic heterocycles. The van der Waals surface area contributed by atoms with Crippen molar-refractivity contribution in [3.05, 3.63) is 84.4 Å². The van der Waals surface area contributed by atoms with E-state index in [1.807, 2.05) is 61.5 Å². The van der Waals surface area contributed by atoms with Gasteiger partial charge >= 0.3 is 0 Å². The highest BCUT2D eigenvalue weighted by molar-refractivity contribution is 8.00. The molecular weight excluding hydrogens is 422 g/mol. The van der Waals surface area contributed by atoms with E-state index in [0.29, 0.717) is 23.5 Å². The summed E-state index contributed by atoms with van der Waals surface area (Å²) in [6, 6.07) is 24.0. The number of anilines is 3. The van der Waals surface area contributed by atoms with E-state index in [9.17, 15) is 14.4 Å². The van der Waals surface area contributed by atoms with Crippen LogP contribution in [0.4, 0.5) is 17.1 Å². The first kappa shape index (κ1) is 23.1. The Morgan fingerprint density at radius 2 is 1.44 bits per heavy atom. The highest BCUT2D eigenvalue weighted by atomic mass is 32.2. The van der Waals surface area contributed by atoms with Crippen LogP contribution in [0.3, 0.4) is 0 Å². The highest BCUT2D eigenvalue weighted by Crippen LogP contribution is 2.27. The Labute approximate surface area is 191 Å². The van der Waals surface area contributed by atoms with E-state index in [0.717, 1.165) is 10.5 Å². The molecule has 0 saturated carbocycles. The Morgan fingerprint density at radius 1 is 0.781 bits per heavy atom. The van der Waals surface area contributed by atoms with Crippen molar-refractivity contribution in [2.75, 3.05) is 16.0 Å². The molecule has 1 atom stereocenters. The molecule has 164 valence electrons. The third-order valence-electron chi connectivity index (χ3n) is 4.48. The molecule has 3 aromatic rings. The molecule has 3 amide bonds. The first-order valence-corrected chi connectivity index (χ1v) is 11.1. The van der Waals surface area contributed by atoms with Gasteiger partial charge in [0.2, 0.25) is 17.7 Å². The van der Waals surface area contributed by atoms with Crippen LogP contribution in [-0.2, 0) is 20.8 Å². The molecule has 0 radical (unpaired) electrons. The molecule has 0 spiro atoms. The Hall–Kier alpha value is -3.58. The summed E-state index contributed by atoms with van der Waals surface area (Å²) in [6.45, 7) is 3.27. The van der Waals surface area contributed by atoms with Crippen LogP contribution < -0.4 is 16.0 Å². The number of benzene rings is 3. The first-order chi connectivity index (χ1) is 15.4. The Kier molecular flexibility index (Phi) is 8.05. The fourth-order valence-corrected chi connectivity index (χ4v) is 3.90. The molecule has 0 saturated heterocycles. The van der Waals surface area contributed by atoms with Crippen molar-refractivity contribution in [1.82, 2.24) is 0 Å². The molecule has 0 aliphatic heterocycles. The quantitative estimate of drug-likeness (QED) is 0.427. The largest absolute Gasteiger partial charge is 0.326 e. The monoisotopic (exact) mass is 447 g/mol. The summed E-state index contributed by atoms with van der Waals surface area (Å²) in [4.78, 5) is 36.9. The zero-order valence-electron chi connectivity index (χ0n) is 17.9. The van der Waals surface area contributed by atoms with Gasteiger partial charge in [0, 0.05) is 28.9 Å². The van der Waals surface area contributed by atoms with E-state index in [-0.39, 0.29) is 23.0 Å². The molecule has 0 bridgehead atoms. The Bertz CT molecular complexity index is 1090. The number of rotatable bonds is 8. The maximum Gasteiger partial charge on any atom is 0.237 e. The van der Waals surface area contributed by atoms with Gasteiger partial charge in [-0.2, -0.15) is 0 Å². The maximum atomic E-state index is 12.6. The van der Waals surface area contributed by atoms with Crippen molar-refractivity contribution in [1.29, 1.82) is 0 Å². The molecular formula is C25H25N3O3S. The van der Waals surface area contributed by atoms with E-state index >= 15 is 0 Å². The lowest BCUT2D eigenvalue weighted by atomic mass is 10.1. The van der Waals surface area contributed by atoms with Crippen LogP contribution in [0.2, 0.25) is 0 Å².